The van der Waals surface area contributed by atoms with Crippen LogP contribution in [0.1, 0.15) is 36.5 Å². The van der Waals surface area contributed by atoms with Crippen molar-refractivity contribution in [1.82, 2.24) is 10.2 Å². The number of hydrogen-bond acceptors (Lipinski definition) is 3. The lowest BCUT2D eigenvalue weighted by Gasteiger charge is -2.31. The van der Waals surface area contributed by atoms with Gasteiger partial charge in [-0.3, -0.25) is 9.59 Å². The Morgan fingerprint density at radius 1 is 1.03 bits per heavy atom. The summed E-state index contributed by atoms with van der Waals surface area (Å²) in [5.74, 6) is -0.315. The highest BCUT2D eigenvalue weighted by Crippen LogP contribution is 2.29. The number of benzene rings is 3. The van der Waals surface area contributed by atoms with Crippen LogP contribution in [0.5, 0.6) is 5.75 Å². The Balaban J connectivity index is 1.88. The molecule has 0 spiro atoms. The van der Waals surface area contributed by atoms with Crippen LogP contribution >= 0.6 is 15.9 Å². The van der Waals surface area contributed by atoms with Crippen molar-refractivity contribution in [2.24, 2.45) is 0 Å². The molecule has 5 nitrogen and oxygen atoms in total. The molecule has 0 heterocycles. The molecule has 0 fully saturated rings. The second-order valence-corrected chi connectivity index (χ2v) is 9.42. The monoisotopic (exact) mass is 540 g/mol. The van der Waals surface area contributed by atoms with Crippen LogP contribution in [-0.4, -0.2) is 36.4 Å². The number of nitrogens with one attached hydrogen (secondary N) is 1. The van der Waals surface area contributed by atoms with Crippen molar-refractivity contribution in [3.63, 3.8) is 0 Å². The molecule has 1 atom stereocenters. The van der Waals surface area contributed by atoms with E-state index in [-0.39, 0.29) is 25.5 Å². The molecule has 0 aromatic heterocycles. The van der Waals surface area contributed by atoms with Crippen LogP contribution in [0, 0.1) is 5.82 Å². The first-order valence-electron chi connectivity index (χ1n) is 11.5. The van der Waals surface area contributed by atoms with Gasteiger partial charge in [-0.15, -0.1) is 0 Å². The second kappa shape index (κ2) is 12.5. The Labute approximate surface area is 214 Å². The van der Waals surface area contributed by atoms with Crippen molar-refractivity contribution in [1.29, 1.82) is 0 Å². The van der Waals surface area contributed by atoms with E-state index in [4.69, 9.17) is 4.74 Å². The molecule has 0 saturated carbocycles. The Hall–Kier alpha value is -3.19. The number of rotatable bonds is 10. The van der Waals surface area contributed by atoms with Gasteiger partial charge in [0.05, 0.1) is 4.47 Å². The molecule has 0 aliphatic rings. The minimum absolute atomic E-state index is 0.0623. The number of likely N-dealkylation sites (N-methyl/N-ethyl adjacent to an activating group) is 1. The molecule has 0 unspecified atom stereocenters. The summed E-state index contributed by atoms with van der Waals surface area (Å²) in [6.45, 7) is 3.83. The zero-order valence-electron chi connectivity index (χ0n) is 20.1. The molecule has 2 amide bonds. The van der Waals surface area contributed by atoms with E-state index in [0.29, 0.717) is 17.2 Å². The number of nitrogens with zero attached hydrogens (tertiary/aromatic N) is 1. The molecule has 7 heteroatoms. The van der Waals surface area contributed by atoms with E-state index in [0.717, 1.165) is 15.6 Å². The lowest BCUT2D eigenvalue weighted by molar-refractivity contribution is -0.142. The van der Waals surface area contributed by atoms with Gasteiger partial charge in [-0.2, -0.15) is 0 Å². The molecule has 35 heavy (non-hydrogen) atoms. The first-order chi connectivity index (χ1) is 16.8. The highest BCUT2D eigenvalue weighted by Gasteiger charge is 2.30. The molecule has 3 rings (SSSR count). The van der Waals surface area contributed by atoms with Gasteiger partial charge >= 0.3 is 0 Å². The van der Waals surface area contributed by atoms with E-state index < -0.39 is 17.8 Å². The number of hydrogen-bond donors (Lipinski definition) is 1. The fraction of sp³-hybridized carbons (Fsp3) is 0.286. The fourth-order valence-electron chi connectivity index (χ4n) is 3.75. The van der Waals surface area contributed by atoms with Gasteiger partial charge in [-0.1, -0.05) is 68.4 Å². The predicted molar refractivity (Wildman–Crippen MR) is 139 cm³/mol. The summed E-state index contributed by atoms with van der Waals surface area (Å²) in [7, 11) is 1.52. The van der Waals surface area contributed by atoms with Crippen molar-refractivity contribution in [3.05, 3.63) is 99.8 Å². The molecule has 184 valence electrons. The lowest BCUT2D eigenvalue weighted by Crippen LogP contribution is -2.51. The Morgan fingerprint density at radius 3 is 2.34 bits per heavy atom. The highest BCUT2D eigenvalue weighted by atomic mass is 79.9. The second-order valence-electron chi connectivity index (χ2n) is 8.57. The molecule has 0 aliphatic carbocycles. The molecule has 3 aromatic rings. The minimum Gasteiger partial charge on any atom is -0.483 e. The van der Waals surface area contributed by atoms with E-state index >= 15 is 0 Å². The molecule has 0 aliphatic heterocycles. The van der Waals surface area contributed by atoms with Gasteiger partial charge in [0.15, 0.2) is 6.61 Å². The maximum Gasteiger partial charge on any atom is 0.261 e. The largest absolute Gasteiger partial charge is 0.483 e. The number of carbonyl (C=O) groups is 2. The van der Waals surface area contributed by atoms with Crippen LogP contribution in [0.4, 0.5) is 4.39 Å². The summed E-state index contributed by atoms with van der Waals surface area (Å²) in [6, 6.07) is 20.6. The summed E-state index contributed by atoms with van der Waals surface area (Å²) in [5, 5.41) is 2.65. The Morgan fingerprint density at radius 2 is 1.71 bits per heavy atom. The topological polar surface area (TPSA) is 58.6 Å². The maximum atomic E-state index is 14.5. The standard InChI is InChI=1S/C28H30BrFN2O3/c1-19(2)21-13-14-26(23(29)16-21)35-18-27(33)32(17-22-11-7-8-12-24(22)30)25(28(34)31-3)15-20-9-5-4-6-10-20/h4-14,16,19,25H,15,17-18H2,1-3H3,(H,31,34)/t25-/m0/s1. The molecular weight excluding hydrogens is 511 g/mol. The van der Waals surface area contributed by atoms with Crippen molar-refractivity contribution < 1.29 is 18.7 Å². The van der Waals surface area contributed by atoms with Gasteiger partial charge in [-0.25, -0.2) is 4.39 Å². The quantitative estimate of drug-likeness (QED) is 0.370. The van der Waals surface area contributed by atoms with Crippen molar-refractivity contribution in [3.8, 4) is 5.75 Å². The highest BCUT2D eigenvalue weighted by molar-refractivity contribution is 9.10. The van der Waals surface area contributed by atoms with Crippen LogP contribution in [0.2, 0.25) is 0 Å². The van der Waals surface area contributed by atoms with Crippen LogP contribution in [-0.2, 0) is 22.6 Å². The fourth-order valence-corrected chi connectivity index (χ4v) is 4.26. The Kier molecular flexibility index (Phi) is 9.43. The third-order valence-electron chi connectivity index (χ3n) is 5.79. The molecule has 1 N–H and O–H groups in total. The van der Waals surface area contributed by atoms with E-state index in [2.05, 4.69) is 35.1 Å². The van der Waals surface area contributed by atoms with E-state index in [1.807, 2.05) is 48.5 Å². The number of halogens is 2. The van der Waals surface area contributed by atoms with Gasteiger partial charge in [0.1, 0.15) is 17.6 Å². The first kappa shape index (κ1) is 26.4. The van der Waals surface area contributed by atoms with Crippen LogP contribution < -0.4 is 10.1 Å². The Bertz CT molecular complexity index is 1150. The first-order valence-corrected chi connectivity index (χ1v) is 12.3. The van der Waals surface area contributed by atoms with Gasteiger partial charge < -0.3 is 15.0 Å². The van der Waals surface area contributed by atoms with Crippen molar-refractivity contribution in [2.45, 2.75) is 38.8 Å². The van der Waals surface area contributed by atoms with Crippen molar-refractivity contribution in [2.75, 3.05) is 13.7 Å². The van der Waals surface area contributed by atoms with E-state index in [1.165, 1.54) is 18.0 Å². The smallest absolute Gasteiger partial charge is 0.261 e. The molecule has 0 bridgehead atoms. The third-order valence-corrected chi connectivity index (χ3v) is 6.41. The number of amides is 2. The normalized spacial score (nSPS) is 11.7. The summed E-state index contributed by atoms with van der Waals surface area (Å²) in [4.78, 5) is 27.8. The van der Waals surface area contributed by atoms with Crippen LogP contribution in [0.3, 0.4) is 0 Å². The average Bonchev–Trinajstić information content (AvgIpc) is 2.86. The van der Waals surface area contributed by atoms with E-state index in [1.54, 1.807) is 18.2 Å². The molecule has 0 radical (unpaired) electrons. The lowest BCUT2D eigenvalue weighted by atomic mass is 10.0. The van der Waals surface area contributed by atoms with E-state index in [9.17, 15) is 14.0 Å². The SMILES string of the molecule is CNC(=O)[C@H](Cc1ccccc1)N(Cc1ccccc1F)C(=O)COc1ccc(C(C)C)cc1Br. The summed E-state index contributed by atoms with van der Waals surface area (Å²) >= 11 is 3.51. The van der Waals surface area contributed by atoms with Gasteiger partial charge in [0.2, 0.25) is 5.91 Å². The van der Waals surface area contributed by atoms with Crippen LogP contribution in [0.15, 0.2) is 77.3 Å². The number of carbonyl (C=O) groups excluding carboxylic acids is 2. The van der Waals surface area contributed by atoms with Gasteiger partial charge in [-0.05, 0) is 51.2 Å². The third kappa shape index (κ3) is 7.15. The zero-order valence-corrected chi connectivity index (χ0v) is 21.7. The average molecular weight is 541 g/mol. The van der Waals surface area contributed by atoms with Gasteiger partial charge in [0, 0.05) is 25.6 Å². The molecular formula is C28H30BrFN2O3. The molecule has 0 saturated heterocycles. The predicted octanol–water partition coefficient (Wildman–Crippen LogP) is 5.48. The molecule has 3 aromatic carbocycles. The van der Waals surface area contributed by atoms with Gasteiger partial charge in [0.25, 0.3) is 5.91 Å². The summed E-state index contributed by atoms with van der Waals surface area (Å²) < 4.78 is 21.1. The maximum absolute atomic E-state index is 14.5. The van der Waals surface area contributed by atoms with Crippen LogP contribution in [0.25, 0.3) is 0 Å². The zero-order chi connectivity index (χ0) is 25.4. The van der Waals surface area contributed by atoms with Crippen molar-refractivity contribution >= 4 is 27.7 Å². The minimum atomic E-state index is -0.843. The summed E-state index contributed by atoms with van der Waals surface area (Å²) in [5.41, 5.74) is 2.35. The number of ether oxygens (including phenoxy) is 1. The summed E-state index contributed by atoms with van der Waals surface area (Å²) in [6.07, 6.45) is 0.285.